The van der Waals surface area contributed by atoms with Crippen LogP contribution in [0.5, 0.6) is 5.75 Å². The van der Waals surface area contributed by atoms with Crippen LogP contribution in [0.15, 0.2) is 48.5 Å². The highest BCUT2D eigenvalue weighted by Crippen LogP contribution is 2.15. The quantitative estimate of drug-likeness (QED) is 0.473. The summed E-state index contributed by atoms with van der Waals surface area (Å²) >= 11 is 5.25. The lowest BCUT2D eigenvalue weighted by Crippen LogP contribution is -2.35. The first-order valence-corrected chi connectivity index (χ1v) is 11.2. The molecule has 2 aromatic rings. The van der Waals surface area contributed by atoms with Crippen LogP contribution < -0.4 is 20.7 Å². The summed E-state index contributed by atoms with van der Waals surface area (Å²) in [6, 6.07) is 13.8. The van der Waals surface area contributed by atoms with E-state index in [1.807, 2.05) is 13.8 Å². The molecule has 2 rings (SSSR count). The van der Waals surface area contributed by atoms with Crippen LogP contribution in [-0.4, -0.2) is 54.1 Å². The molecule has 0 saturated carbocycles. The van der Waals surface area contributed by atoms with Crippen LogP contribution in [-0.2, 0) is 0 Å². The van der Waals surface area contributed by atoms with Crippen molar-refractivity contribution < 1.29 is 14.3 Å². The van der Waals surface area contributed by atoms with Gasteiger partial charge in [0.15, 0.2) is 5.11 Å². The molecule has 8 heteroatoms. The maximum Gasteiger partial charge on any atom is 0.257 e. The zero-order chi connectivity index (χ0) is 23.5. The second kappa shape index (κ2) is 12.8. The van der Waals surface area contributed by atoms with E-state index in [9.17, 15) is 9.59 Å². The number of rotatable bonds is 10. The number of hydrogen-bond acceptors (Lipinski definition) is 5. The molecule has 2 amide bonds. The van der Waals surface area contributed by atoms with Gasteiger partial charge in [0.1, 0.15) is 5.75 Å². The number of nitrogens with zero attached hydrogens (tertiary/aromatic N) is 1. The first-order valence-electron chi connectivity index (χ1n) is 10.8. The molecule has 3 N–H and O–H groups in total. The molecular formula is C24H32N4O3S. The molecule has 32 heavy (non-hydrogen) atoms. The van der Waals surface area contributed by atoms with Crippen molar-refractivity contribution in [1.29, 1.82) is 0 Å². The Kier molecular flexibility index (Phi) is 10.1. The third-order valence-corrected chi connectivity index (χ3v) is 4.91. The highest BCUT2D eigenvalue weighted by molar-refractivity contribution is 7.80. The lowest BCUT2D eigenvalue weighted by molar-refractivity contribution is 0.0947. The van der Waals surface area contributed by atoms with Crippen LogP contribution in [0.25, 0.3) is 0 Å². The molecule has 0 atom stereocenters. The number of thiocarbonyl (C=S) groups is 1. The highest BCUT2D eigenvalue weighted by atomic mass is 32.1. The van der Waals surface area contributed by atoms with Gasteiger partial charge in [0, 0.05) is 29.9 Å². The number of amides is 2. The smallest absolute Gasteiger partial charge is 0.257 e. The van der Waals surface area contributed by atoms with Gasteiger partial charge in [0.25, 0.3) is 11.8 Å². The Morgan fingerprint density at radius 2 is 1.69 bits per heavy atom. The molecule has 0 unspecified atom stereocenters. The maximum absolute atomic E-state index is 12.5. The predicted octanol–water partition coefficient (Wildman–Crippen LogP) is 3.67. The lowest BCUT2D eigenvalue weighted by Gasteiger charge is -2.18. The SMILES string of the molecule is CCN(CC)CCNC(=O)c1ccc(NC(=S)NC(=O)c2cccc(OC(C)C)c2)cc1. The molecule has 0 aliphatic rings. The first-order chi connectivity index (χ1) is 15.3. The second-order valence-electron chi connectivity index (χ2n) is 7.46. The van der Waals surface area contributed by atoms with Gasteiger partial charge in [-0.3, -0.25) is 14.9 Å². The summed E-state index contributed by atoms with van der Waals surface area (Å²) in [5.41, 5.74) is 1.68. The number of likely N-dealkylation sites (N-methyl/N-ethyl adjacent to an activating group) is 1. The Hall–Kier alpha value is -2.97. The van der Waals surface area contributed by atoms with Gasteiger partial charge < -0.3 is 20.3 Å². The summed E-state index contributed by atoms with van der Waals surface area (Å²) in [5.74, 6) is 0.168. The van der Waals surface area contributed by atoms with Crippen molar-refractivity contribution in [2.45, 2.75) is 33.8 Å². The van der Waals surface area contributed by atoms with Crippen LogP contribution in [0.1, 0.15) is 48.4 Å². The summed E-state index contributed by atoms with van der Waals surface area (Å²) in [6.45, 7) is 11.4. The number of hydrogen-bond donors (Lipinski definition) is 3. The van der Waals surface area contributed by atoms with Gasteiger partial charge in [-0.1, -0.05) is 19.9 Å². The summed E-state index contributed by atoms with van der Waals surface area (Å²) < 4.78 is 5.62. The minimum absolute atomic E-state index is 0.0171. The number of benzene rings is 2. The van der Waals surface area contributed by atoms with Gasteiger partial charge in [-0.05, 0) is 81.6 Å². The molecule has 0 fully saturated rings. The molecule has 7 nitrogen and oxygen atoms in total. The van der Waals surface area contributed by atoms with E-state index in [4.69, 9.17) is 17.0 Å². The van der Waals surface area contributed by atoms with Crippen LogP contribution in [0, 0.1) is 0 Å². The minimum atomic E-state index is -0.332. The van der Waals surface area contributed by atoms with E-state index in [1.165, 1.54) is 0 Å². The monoisotopic (exact) mass is 456 g/mol. The van der Waals surface area contributed by atoms with Gasteiger partial charge in [0.2, 0.25) is 0 Å². The largest absolute Gasteiger partial charge is 0.491 e. The maximum atomic E-state index is 12.5. The zero-order valence-electron chi connectivity index (χ0n) is 19.1. The fraction of sp³-hybridized carbons (Fsp3) is 0.375. The van der Waals surface area contributed by atoms with Crippen LogP contribution >= 0.6 is 12.2 Å². The van der Waals surface area contributed by atoms with E-state index in [-0.39, 0.29) is 23.0 Å². The van der Waals surface area contributed by atoms with Crippen molar-refractivity contribution in [3.63, 3.8) is 0 Å². The Bertz CT molecular complexity index is 912. The second-order valence-corrected chi connectivity index (χ2v) is 7.87. The van der Waals surface area contributed by atoms with Gasteiger partial charge in [-0.25, -0.2) is 0 Å². The predicted molar refractivity (Wildman–Crippen MR) is 132 cm³/mol. The third-order valence-electron chi connectivity index (χ3n) is 4.71. The molecule has 0 aliphatic carbocycles. The summed E-state index contributed by atoms with van der Waals surface area (Å²) in [7, 11) is 0. The number of anilines is 1. The van der Waals surface area contributed by atoms with Crippen molar-refractivity contribution in [3.05, 3.63) is 59.7 Å². The van der Waals surface area contributed by atoms with Gasteiger partial charge in [-0.15, -0.1) is 0 Å². The molecule has 0 saturated heterocycles. The molecule has 0 aliphatic heterocycles. The topological polar surface area (TPSA) is 82.7 Å². The van der Waals surface area contributed by atoms with Crippen molar-refractivity contribution in [3.8, 4) is 5.75 Å². The molecule has 2 aromatic carbocycles. The Morgan fingerprint density at radius 1 is 1.00 bits per heavy atom. The average molecular weight is 457 g/mol. The Morgan fingerprint density at radius 3 is 2.31 bits per heavy atom. The number of nitrogens with one attached hydrogen (secondary N) is 3. The number of carbonyl (C=O) groups excluding carboxylic acids is 2. The fourth-order valence-corrected chi connectivity index (χ4v) is 3.21. The summed E-state index contributed by atoms with van der Waals surface area (Å²) in [4.78, 5) is 27.0. The minimum Gasteiger partial charge on any atom is -0.491 e. The van der Waals surface area contributed by atoms with Gasteiger partial charge in [-0.2, -0.15) is 0 Å². The summed E-state index contributed by atoms with van der Waals surface area (Å²) in [5, 5.41) is 8.71. The van der Waals surface area contributed by atoms with E-state index >= 15 is 0 Å². The third kappa shape index (κ3) is 8.28. The van der Waals surface area contributed by atoms with Crippen molar-refractivity contribution in [2.24, 2.45) is 0 Å². The molecule has 0 spiro atoms. The van der Waals surface area contributed by atoms with E-state index in [1.54, 1.807) is 48.5 Å². The standard InChI is InChI=1S/C24H32N4O3S/c1-5-28(6-2)15-14-25-22(29)18-10-12-20(13-11-18)26-24(32)27-23(30)19-8-7-9-21(16-19)31-17(3)4/h7-13,16-17H,5-6,14-15H2,1-4H3,(H,25,29)(H2,26,27,30,32). The van der Waals surface area contributed by atoms with E-state index in [0.717, 1.165) is 19.6 Å². The fourth-order valence-electron chi connectivity index (χ4n) is 2.99. The molecule has 0 bridgehead atoms. The van der Waals surface area contributed by atoms with E-state index < -0.39 is 0 Å². The van der Waals surface area contributed by atoms with E-state index in [2.05, 4.69) is 34.7 Å². The molecule has 172 valence electrons. The van der Waals surface area contributed by atoms with Gasteiger partial charge in [0.05, 0.1) is 6.10 Å². The van der Waals surface area contributed by atoms with Crippen LogP contribution in [0.3, 0.4) is 0 Å². The van der Waals surface area contributed by atoms with E-state index in [0.29, 0.717) is 29.1 Å². The number of carbonyl (C=O) groups is 2. The normalized spacial score (nSPS) is 10.7. The number of ether oxygens (including phenoxy) is 1. The average Bonchev–Trinajstić information content (AvgIpc) is 2.76. The highest BCUT2D eigenvalue weighted by Gasteiger charge is 2.11. The van der Waals surface area contributed by atoms with Crippen molar-refractivity contribution in [2.75, 3.05) is 31.5 Å². The lowest BCUT2D eigenvalue weighted by atomic mass is 10.2. The van der Waals surface area contributed by atoms with Crippen LogP contribution in [0.4, 0.5) is 5.69 Å². The summed E-state index contributed by atoms with van der Waals surface area (Å²) in [6.07, 6.45) is 0.0171. The molecule has 0 aromatic heterocycles. The van der Waals surface area contributed by atoms with Crippen molar-refractivity contribution >= 4 is 34.8 Å². The first kappa shape index (κ1) is 25.3. The molecular weight excluding hydrogens is 424 g/mol. The Balaban J connectivity index is 1.86. The molecule has 0 heterocycles. The van der Waals surface area contributed by atoms with Crippen LogP contribution in [0.2, 0.25) is 0 Å². The van der Waals surface area contributed by atoms with Gasteiger partial charge >= 0.3 is 0 Å². The molecule has 0 radical (unpaired) electrons. The zero-order valence-corrected chi connectivity index (χ0v) is 19.9. The Labute approximate surface area is 195 Å². The van der Waals surface area contributed by atoms with Crippen molar-refractivity contribution in [1.82, 2.24) is 15.5 Å².